The number of hydrogen-bond donors (Lipinski definition) is 1. The number of benzene rings is 1. The summed E-state index contributed by atoms with van der Waals surface area (Å²) in [6, 6.07) is 12.9. The van der Waals surface area contributed by atoms with Crippen molar-refractivity contribution in [3.63, 3.8) is 0 Å². The summed E-state index contributed by atoms with van der Waals surface area (Å²) in [5.41, 5.74) is 3.67. The first-order valence-electron chi connectivity index (χ1n) is 6.99. The van der Waals surface area contributed by atoms with Crippen LogP contribution in [0.5, 0.6) is 0 Å². The molecule has 20 heavy (non-hydrogen) atoms. The Kier molecular flexibility index (Phi) is 4.09. The van der Waals surface area contributed by atoms with Crippen molar-refractivity contribution in [2.24, 2.45) is 0 Å². The molecule has 0 fully saturated rings. The molecular weight excluding hydrogens is 264 g/mol. The molecule has 0 amide bonds. The number of nitrogens with one attached hydrogen (secondary N) is 1. The Hall–Kier alpha value is -1.71. The van der Waals surface area contributed by atoms with E-state index in [1.807, 2.05) is 12.3 Å². The Bertz CT molecular complexity index is 671. The lowest BCUT2D eigenvalue weighted by Crippen LogP contribution is -2.23. The second kappa shape index (κ2) is 6.16. The van der Waals surface area contributed by atoms with Crippen molar-refractivity contribution in [3.8, 4) is 0 Å². The van der Waals surface area contributed by atoms with Gasteiger partial charge in [0.05, 0.1) is 11.6 Å². The Morgan fingerprint density at radius 2 is 2.10 bits per heavy atom. The molecule has 0 aliphatic rings. The Morgan fingerprint density at radius 1 is 1.20 bits per heavy atom. The highest BCUT2D eigenvalue weighted by Gasteiger charge is 2.16. The number of fused-ring (bicyclic) bond motifs is 1. The van der Waals surface area contributed by atoms with Crippen molar-refractivity contribution >= 4 is 22.2 Å². The minimum absolute atomic E-state index is 0.222. The SMILES string of the molecule is CCCNC(c1ccsc1)c1cccc2cccnc12. The molecule has 3 aromatic rings. The fourth-order valence-electron chi connectivity index (χ4n) is 2.50. The van der Waals surface area contributed by atoms with Gasteiger partial charge in [-0.05, 0) is 47.0 Å². The van der Waals surface area contributed by atoms with Crippen LogP contribution in [-0.4, -0.2) is 11.5 Å². The van der Waals surface area contributed by atoms with Gasteiger partial charge in [-0.25, -0.2) is 0 Å². The summed E-state index contributed by atoms with van der Waals surface area (Å²) >= 11 is 1.74. The van der Waals surface area contributed by atoms with Crippen LogP contribution in [0.4, 0.5) is 0 Å². The number of aromatic nitrogens is 1. The van der Waals surface area contributed by atoms with Crippen LogP contribution in [-0.2, 0) is 0 Å². The zero-order valence-corrected chi connectivity index (χ0v) is 12.4. The van der Waals surface area contributed by atoms with Gasteiger partial charge < -0.3 is 5.32 Å². The number of pyridine rings is 1. The second-order valence-corrected chi connectivity index (χ2v) is 5.65. The molecule has 1 N–H and O–H groups in total. The van der Waals surface area contributed by atoms with E-state index in [-0.39, 0.29) is 6.04 Å². The molecule has 0 spiro atoms. The van der Waals surface area contributed by atoms with E-state index in [9.17, 15) is 0 Å². The first-order valence-corrected chi connectivity index (χ1v) is 7.93. The number of nitrogens with zero attached hydrogens (tertiary/aromatic N) is 1. The molecule has 102 valence electrons. The fourth-order valence-corrected chi connectivity index (χ4v) is 3.18. The van der Waals surface area contributed by atoms with Gasteiger partial charge in [-0.15, -0.1) is 0 Å². The molecule has 2 nitrogen and oxygen atoms in total. The third-order valence-corrected chi connectivity index (χ3v) is 4.15. The summed E-state index contributed by atoms with van der Waals surface area (Å²) in [7, 11) is 0. The maximum atomic E-state index is 4.58. The van der Waals surface area contributed by atoms with Crippen molar-refractivity contribution in [2.75, 3.05) is 6.54 Å². The van der Waals surface area contributed by atoms with Crippen LogP contribution in [0.15, 0.2) is 53.4 Å². The van der Waals surface area contributed by atoms with Crippen molar-refractivity contribution in [2.45, 2.75) is 19.4 Å². The Labute approximate surface area is 123 Å². The van der Waals surface area contributed by atoms with E-state index in [2.05, 4.69) is 58.3 Å². The molecule has 0 bridgehead atoms. The molecule has 0 aliphatic carbocycles. The largest absolute Gasteiger partial charge is 0.306 e. The maximum Gasteiger partial charge on any atom is 0.0753 e. The topological polar surface area (TPSA) is 24.9 Å². The zero-order valence-electron chi connectivity index (χ0n) is 11.5. The normalized spacial score (nSPS) is 12.7. The number of para-hydroxylation sites is 1. The van der Waals surface area contributed by atoms with Crippen molar-refractivity contribution in [1.82, 2.24) is 10.3 Å². The molecule has 0 aliphatic heterocycles. The highest BCUT2D eigenvalue weighted by Crippen LogP contribution is 2.28. The second-order valence-electron chi connectivity index (χ2n) is 4.87. The summed E-state index contributed by atoms with van der Waals surface area (Å²) in [6.07, 6.45) is 3.00. The molecule has 3 rings (SSSR count). The minimum Gasteiger partial charge on any atom is -0.306 e. The quantitative estimate of drug-likeness (QED) is 0.751. The third kappa shape index (κ3) is 2.60. The van der Waals surface area contributed by atoms with E-state index in [0.29, 0.717) is 0 Å². The van der Waals surface area contributed by atoms with Crippen LogP contribution in [0, 0.1) is 0 Å². The first-order chi connectivity index (χ1) is 9.90. The molecule has 1 atom stereocenters. The highest BCUT2D eigenvalue weighted by molar-refractivity contribution is 7.08. The predicted octanol–water partition coefficient (Wildman–Crippen LogP) is 4.39. The first kappa shape index (κ1) is 13.3. The smallest absolute Gasteiger partial charge is 0.0753 e. The van der Waals surface area contributed by atoms with Gasteiger partial charge >= 0.3 is 0 Å². The van der Waals surface area contributed by atoms with Crippen LogP contribution < -0.4 is 5.32 Å². The van der Waals surface area contributed by atoms with Crippen molar-refractivity contribution in [3.05, 3.63) is 64.5 Å². The summed E-state index contributed by atoms with van der Waals surface area (Å²) < 4.78 is 0. The van der Waals surface area contributed by atoms with E-state index in [1.165, 1.54) is 16.5 Å². The summed E-state index contributed by atoms with van der Waals surface area (Å²) in [5.74, 6) is 0. The average Bonchev–Trinajstić information content (AvgIpc) is 3.02. The van der Waals surface area contributed by atoms with Crippen LogP contribution >= 0.6 is 11.3 Å². The van der Waals surface area contributed by atoms with E-state index in [1.54, 1.807) is 11.3 Å². The number of thiophene rings is 1. The summed E-state index contributed by atoms with van der Waals surface area (Å²) in [4.78, 5) is 4.58. The monoisotopic (exact) mass is 282 g/mol. The zero-order chi connectivity index (χ0) is 13.8. The van der Waals surface area contributed by atoms with Crippen LogP contribution in [0.1, 0.15) is 30.5 Å². The van der Waals surface area contributed by atoms with Gasteiger partial charge in [0.2, 0.25) is 0 Å². The van der Waals surface area contributed by atoms with Gasteiger partial charge in [0, 0.05) is 11.6 Å². The van der Waals surface area contributed by atoms with E-state index in [4.69, 9.17) is 0 Å². The lowest BCUT2D eigenvalue weighted by atomic mass is 9.98. The van der Waals surface area contributed by atoms with Gasteiger partial charge in [0.25, 0.3) is 0 Å². The molecule has 3 heteroatoms. The average molecular weight is 282 g/mol. The Balaban J connectivity index is 2.09. The van der Waals surface area contributed by atoms with Gasteiger partial charge in [-0.3, -0.25) is 4.98 Å². The molecule has 1 aromatic carbocycles. The van der Waals surface area contributed by atoms with Gasteiger partial charge in [0.15, 0.2) is 0 Å². The predicted molar refractivity (Wildman–Crippen MR) is 86.2 cm³/mol. The van der Waals surface area contributed by atoms with E-state index in [0.717, 1.165) is 18.5 Å². The molecule has 1 unspecified atom stereocenters. The van der Waals surface area contributed by atoms with Gasteiger partial charge in [0.1, 0.15) is 0 Å². The summed E-state index contributed by atoms with van der Waals surface area (Å²) in [6.45, 7) is 3.20. The lowest BCUT2D eigenvalue weighted by molar-refractivity contribution is 0.602. The lowest BCUT2D eigenvalue weighted by Gasteiger charge is -2.19. The van der Waals surface area contributed by atoms with Gasteiger partial charge in [-0.2, -0.15) is 11.3 Å². The number of hydrogen-bond acceptors (Lipinski definition) is 3. The van der Waals surface area contributed by atoms with E-state index < -0.39 is 0 Å². The molecule has 0 radical (unpaired) electrons. The van der Waals surface area contributed by atoms with Crippen LogP contribution in [0.2, 0.25) is 0 Å². The molecule has 2 aromatic heterocycles. The third-order valence-electron chi connectivity index (χ3n) is 3.45. The molecule has 2 heterocycles. The molecule has 0 saturated heterocycles. The van der Waals surface area contributed by atoms with E-state index >= 15 is 0 Å². The molecular formula is C17H18N2S. The van der Waals surface area contributed by atoms with Crippen LogP contribution in [0.3, 0.4) is 0 Å². The number of rotatable bonds is 5. The van der Waals surface area contributed by atoms with Crippen molar-refractivity contribution < 1.29 is 0 Å². The van der Waals surface area contributed by atoms with Gasteiger partial charge in [-0.1, -0.05) is 31.2 Å². The minimum atomic E-state index is 0.222. The standard InChI is InChI=1S/C17H18N2S/c1-2-9-18-17(14-8-11-20-12-14)15-7-3-5-13-6-4-10-19-16(13)15/h3-8,10-12,17-18H,2,9H2,1H3. The van der Waals surface area contributed by atoms with Crippen LogP contribution in [0.25, 0.3) is 10.9 Å². The fraction of sp³-hybridized carbons (Fsp3) is 0.235. The maximum absolute atomic E-state index is 4.58. The Morgan fingerprint density at radius 3 is 2.90 bits per heavy atom. The highest BCUT2D eigenvalue weighted by atomic mass is 32.1. The molecule has 0 saturated carbocycles. The van der Waals surface area contributed by atoms with Crippen molar-refractivity contribution in [1.29, 1.82) is 0 Å². The summed E-state index contributed by atoms with van der Waals surface area (Å²) in [5, 5.41) is 9.20.